The first-order valence-corrected chi connectivity index (χ1v) is 8.27. The van der Waals surface area contributed by atoms with Gasteiger partial charge in [-0.05, 0) is 13.3 Å². The number of nitrogens with zero attached hydrogens (tertiary/aromatic N) is 3. The SMILES string of the molecule is COc1cc(=O)[nH]cc1C(=O)N1CCCN(Cc2cc(C)on2)CC1. The molecule has 0 aliphatic carbocycles. The molecule has 25 heavy (non-hydrogen) atoms. The molecular formula is C17H22N4O4. The molecule has 0 atom stereocenters. The summed E-state index contributed by atoms with van der Waals surface area (Å²) in [6.45, 7) is 5.49. The first-order valence-electron chi connectivity index (χ1n) is 8.27. The van der Waals surface area contributed by atoms with Crippen molar-refractivity contribution >= 4 is 5.91 Å². The summed E-state index contributed by atoms with van der Waals surface area (Å²) in [5, 5.41) is 4.03. The summed E-state index contributed by atoms with van der Waals surface area (Å²) in [5.74, 6) is 0.965. The second-order valence-corrected chi connectivity index (χ2v) is 6.13. The Kier molecular flexibility index (Phi) is 5.18. The summed E-state index contributed by atoms with van der Waals surface area (Å²) >= 11 is 0. The molecule has 1 fully saturated rings. The highest BCUT2D eigenvalue weighted by Gasteiger charge is 2.23. The van der Waals surface area contributed by atoms with Crippen molar-refractivity contribution in [3.63, 3.8) is 0 Å². The molecule has 8 nitrogen and oxygen atoms in total. The molecule has 0 unspecified atom stereocenters. The van der Waals surface area contributed by atoms with Gasteiger partial charge in [-0.15, -0.1) is 0 Å². The first-order chi connectivity index (χ1) is 12.1. The summed E-state index contributed by atoms with van der Waals surface area (Å²) in [5.41, 5.74) is 0.987. The summed E-state index contributed by atoms with van der Waals surface area (Å²) in [4.78, 5) is 30.8. The van der Waals surface area contributed by atoms with Crippen molar-refractivity contribution in [3.05, 3.63) is 45.7 Å². The lowest BCUT2D eigenvalue weighted by molar-refractivity contribution is 0.0757. The van der Waals surface area contributed by atoms with E-state index >= 15 is 0 Å². The van der Waals surface area contributed by atoms with Gasteiger partial charge in [0.2, 0.25) is 0 Å². The molecule has 2 aromatic rings. The van der Waals surface area contributed by atoms with E-state index < -0.39 is 0 Å². The van der Waals surface area contributed by atoms with Gasteiger partial charge in [0.1, 0.15) is 11.5 Å². The van der Waals surface area contributed by atoms with E-state index in [1.807, 2.05) is 13.0 Å². The van der Waals surface area contributed by atoms with Crippen molar-refractivity contribution in [3.8, 4) is 5.75 Å². The standard InChI is InChI=1S/C17H22N4O4/c1-12-8-13(19-25-12)11-20-4-3-5-21(7-6-20)17(23)14-10-18-16(22)9-15(14)24-2/h8-10H,3-7,11H2,1-2H3,(H,18,22). The Bertz CT molecular complexity index is 798. The average Bonchev–Trinajstić information content (AvgIpc) is 2.87. The molecule has 0 aromatic carbocycles. The number of hydrogen-bond acceptors (Lipinski definition) is 6. The Labute approximate surface area is 145 Å². The topological polar surface area (TPSA) is 91.7 Å². The number of aromatic amines is 1. The largest absolute Gasteiger partial charge is 0.496 e. The van der Waals surface area contributed by atoms with Crippen LogP contribution < -0.4 is 10.3 Å². The lowest BCUT2D eigenvalue weighted by Gasteiger charge is -2.22. The van der Waals surface area contributed by atoms with Gasteiger partial charge >= 0.3 is 0 Å². The number of aromatic nitrogens is 2. The van der Waals surface area contributed by atoms with Gasteiger partial charge in [-0.1, -0.05) is 5.16 Å². The van der Waals surface area contributed by atoms with Crippen LogP contribution in [-0.4, -0.2) is 59.1 Å². The Morgan fingerprint density at radius 1 is 1.32 bits per heavy atom. The normalized spacial score (nSPS) is 15.8. The lowest BCUT2D eigenvalue weighted by atomic mass is 10.2. The quantitative estimate of drug-likeness (QED) is 0.889. The molecule has 134 valence electrons. The highest BCUT2D eigenvalue weighted by atomic mass is 16.5. The van der Waals surface area contributed by atoms with E-state index in [9.17, 15) is 9.59 Å². The second-order valence-electron chi connectivity index (χ2n) is 6.13. The number of carbonyl (C=O) groups excluding carboxylic acids is 1. The summed E-state index contributed by atoms with van der Waals surface area (Å²) in [6, 6.07) is 3.23. The lowest BCUT2D eigenvalue weighted by Crippen LogP contribution is -2.35. The third kappa shape index (κ3) is 4.08. The van der Waals surface area contributed by atoms with Crippen molar-refractivity contribution in [2.24, 2.45) is 0 Å². The number of H-pyrrole nitrogens is 1. The fraction of sp³-hybridized carbons (Fsp3) is 0.471. The molecule has 1 aliphatic heterocycles. The molecule has 2 aromatic heterocycles. The van der Waals surface area contributed by atoms with Gasteiger partial charge in [-0.2, -0.15) is 0 Å². The van der Waals surface area contributed by atoms with Crippen LogP contribution in [0.15, 0.2) is 27.6 Å². The van der Waals surface area contributed by atoms with E-state index in [1.165, 1.54) is 19.4 Å². The van der Waals surface area contributed by atoms with Crippen molar-refractivity contribution in [2.45, 2.75) is 19.9 Å². The van der Waals surface area contributed by atoms with Crippen LogP contribution in [0.1, 0.15) is 28.2 Å². The van der Waals surface area contributed by atoms with Crippen molar-refractivity contribution in [1.82, 2.24) is 19.9 Å². The molecule has 8 heteroatoms. The minimum Gasteiger partial charge on any atom is -0.496 e. The van der Waals surface area contributed by atoms with Gasteiger partial charge in [-0.25, -0.2) is 0 Å². The molecule has 1 aliphatic rings. The number of ether oxygens (including phenoxy) is 1. The Hall–Kier alpha value is -2.61. The number of pyridine rings is 1. The van der Waals surface area contributed by atoms with Crippen LogP contribution in [0.25, 0.3) is 0 Å². The fourth-order valence-electron chi connectivity index (χ4n) is 3.01. The summed E-state index contributed by atoms with van der Waals surface area (Å²) < 4.78 is 10.3. The van der Waals surface area contributed by atoms with Crippen LogP contribution in [0.3, 0.4) is 0 Å². The Morgan fingerprint density at radius 3 is 2.88 bits per heavy atom. The summed E-state index contributed by atoms with van der Waals surface area (Å²) in [6.07, 6.45) is 2.29. The first kappa shape index (κ1) is 17.2. The number of nitrogens with one attached hydrogen (secondary N) is 1. The van der Waals surface area contributed by atoms with Crippen LogP contribution in [-0.2, 0) is 6.54 Å². The van der Waals surface area contributed by atoms with E-state index in [2.05, 4.69) is 15.0 Å². The average molecular weight is 346 g/mol. The molecule has 1 N–H and O–H groups in total. The Balaban J connectivity index is 1.66. The maximum Gasteiger partial charge on any atom is 0.259 e. The van der Waals surface area contributed by atoms with Crippen molar-refractivity contribution in [2.75, 3.05) is 33.3 Å². The second kappa shape index (κ2) is 7.52. The van der Waals surface area contributed by atoms with Gasteiger partial charge in [-0.3, -0.25) is 14.5 Å². The maximum atomic E-state index is 12.8. The highest BCUT2D eigenvalue weighted by Crippen LogP contribution is 2.18. The Morgan fingerprint density at radius 2 is 2.16 bits per heavy atom. The molecular weight excluding hydrogens is 324 g/mol. The molecule has 1 amide bonds. The van der Waals surface area contributed by atoms with Crippen LogP contribution in [0.2, 0.25) is 0 Å². The van der Waals surface area contributed by atoms with Gasteiger partial charge in [0.15, 0.2) is 0 Å². The minimum atomic E-state index is -0.293. The molecule has 0 saturated carbocycles. The van der Waals surface area contributed by atoms with E-state index in [0.29, 0.717) is 30.9 Å². The monoisotopic (exact) mass is 346 g/mol. The molecule has 0 radical (unpaired) electrons. The zero-order valence-electron chi connectivity index (χ0n) is 14.4. The maximum absolute atomic E-state index is 12.8. The van der Waals surface area contributed by atoms with Gasteiger partial charge in [0.25, 0.3) is 11.5 Å². The van der Waals surface area contributed by atoms with Gasteiger partial charge < -0.3 is 19.1 Å². The van der Waals surface area contributed by atoms with Gasteiger partial charge in [0, 0.05) is 51.1 Å². The molecule has 3 rings (SSSR count). The van der Waals surface area contributed by atoms with E-state index in [0.717, 1.165) is 31.0 Å². The third-order valence-corrected chi connectivity index (χ3v) is 4.27. The predicted octanol–water partition coefficient (Wildman–Crippen LogP) is 1.03. The molecule has 3 heterocycles. The predicted molar refractivity (Wildman–Crippen MR) is 90.7 cm³/mol. The van der Waals surface area contributed by atoms with Crippen molar-refractivity contribution < 1.29 is 14.1 Å². The van der Waals surface area contributed by atoms with Crippen LogP contribution >= 0.6 is 0 Å². The highest BCUT2D eigenvalue weighted by molar-refractivity contribution is 5.96. The number of amides is 1. The number of carbonyl (C=O) groups is 1. The van der Waals surface area contributed by atoms with Crippen LogP contribution in [0, 0.1) is 6.92 Å². The van der Waals surface area contributed by atoms with Gasteiger partial charge in [0.05, 0.1) is 18.4 Å². The smallest absolute Gasteiger partial charge is 0.259 e. The van der Waals surface area contributed by atoms with Crippen molar-refractivity contribution in [1.29, 1.82) is 0 Å². The van der Waals surface area contributed by atoms with Crippen LogP contribution in [0.4, 0.5) is 0 Å². The zero-order chi connectivity index (χ0) is 17.8. The zero-order valence-corrected chi connectivity index (χ0v) is 14.4. The van der Waals surface area contributed by atoms with E-state index in [1.54, 1.807) is 4.90 Å². The third-order valence-electron chi connectivity index (χ3n) is 4.27. The minimum absolute atomic E-state index is 0.132. The number of rotatable bonds is 4. The number of hydrogen-bond donors (Lipinski definition) is 1. The fourth-order valence-corrected chi connectivity index (χ4v) is 3.01. The van der Waals surface area contributed by atoms with E-state index in [-0.39, 0.29) is 11.5 Å². The number of methoxy groups -OCH3 is 1. The number of aryl methyl sites for hydroxylation is 1. The molecule has 0 bridgehead atoms. The summed E-state index contributed by atoms with van der Waals surface area (Å²) in [7, 11) is 1.45. The molecule has 0 spiro atoms. The van der Waals surface area contributed by atoms with E-state index in [4.69, 9.17) is 9.26 Å². The molecule has 1 saturated heterocycles. The van der Waals surface area contributed by atoms with Crippen LogP contribution in [0.5, 0.6) is 5.75 Å².